The van der Waals surface area contributed by atoms with Gasteiger partial charge < -0.3 is 0 Å². The summed E-state index contributed by atoms with van der Waals surface area (Å²) in [6, 6.07) is 0. The first-order chi connectivity index (χ1) is 2.50. The van der Waals surface area contributed by atoms with Crippen LogP contribution in [-0.4, -0.2) is 4.96 Å². The van der Waals surface area contributed by atoms with E-state index < -0.39 is 0 Å². The summed E-state index contributed by atoms with van der Waals surface area (Å²) in [5, 5.41) is 1.23. The van der Waals surface area contributed by atoms with E-state index in [9.17, 15) is 0 Å². The van der Waals surface area contributed by atoms with Gasteiger partial charge >= 0.3 is 36.7 Å². The van der Waals surface area contributed by atoms with Crippen LogP contribution in [0.15, 0.2) is 12.2 Å². The number of allylic oxidation sites excluding steroid dienone is 2. The van der Waals surface area contributed by atoms with Gasteiger partial charge in [-0.1, -0.05) is 0 Å². The van der Waals surface area contributed by atoms with Crippen molar-refractivity contribution in [1.82, 2.24) is 0 Å². The molecule has 0 aromatic carbocycles. The van der Waals surface area contributed by atoms with E-state index in [1.54, 1.807) is 0 Å². The van der Waals surface area contributed by atoms with Gasteiger partial charge in [0.05, 0.1) is 0 Å². The average molecular weight is 112 g/mol. The van der Waals surface area contributed by atoms with Gasteiger partial charge in [-0.3, -0.25) is 0 Å². The van der Waals surface area contributed by atoms with Crippen LogP contribution < -0.4 is 0 Å². The summed E-state index contributed by atoms with van der Waals surface area (Å²) in [7, 11) is 0. The fourth-order valence-electron chi connectivity index (χ4n) is 0.227. The molecule has 0 bridgehead atoms. The summed E-state index contributed by atoms with van der Waals surface area (Å²) in [5.74, 6) is 0. The topological polar surface area (TPSA) is 0 Å². The summed E-state index contributed by atoms with van der Waals surface area (Å²) in [6.07, 6.45) is 4.26. The van der Waals surface area contributed by atoms with E-state index in [1.807, 2.05) is 0 Å². The maximum atomic E-state index is 2.17. The van der Waals surface area contributed by atoms with E-state index in [2.05, 4.69) is 17.1 Å². The number of hydrogen-bond acceptors (Lipinski definition) is 0. The molecule has 1 aliphatic rings. The van der Waals surface area contributed by atoms with Gasteiger partial charge in [-0.25, -0.2) is 0 Å². The second-order valence-corrected chi connectivity index (χ2v) is 2.01. The fraction of sp³-hybridized carbons (Fsp3) is 0.250. The van der Waals surface area contributed by atoms with Crippen molar-refractivity contribution >= 4 is 4.96 Å². The van der Waals surface area contributed by atoms with Crippen molar-refractivity contribution in [3.05, 3.63) is 12.2 Å². The van der Waals surface area contributed by atoms with Gasteiger partial charge in [0.15, 0.2) is 0 Å². The van der Waals surface area contributed by atoms with Crippen molar-refractivity contribution in [2.75, 3.05) is 0 Å². The van der Waals surface area contributed by atoms with Crippen LogP contribution in [0.4, 0.5) is 0 Å². The van der Waals surface area contributed by atoms with Crippen molar-refractivity contribution in [2.45, 2.75) is 5.36 Å². The third-order valence-corrected chi connectivity index (χ3v) is 1.37. The van der Waals surface area contributed by atoms with Gasteiger partial charge in [0, 0.05) is 0 Å². The summed E-state index contributed by atoms with van der Waals surface area (Å²) in [6.45, 7) is 0. The van der Waals surface area contributed by atoms with E-state index in [0.717, 1.165) is 0 Å². The van der Waals surface area contributed by atoms with Crippen LogP contribution in [0.1, 0.15) is 0 Å². The molecule has 5 heavy (non-hydrogen) atoms. The molecule has 0 amide bonds. The van der Waals surface area contributed by atoms with E-state index in [1.165, 1.54) is 19.6 Å². The molecule has 0 N–H and O–H groups in total. The van der Waals surface area contributed by atoms with Crippen LogP contribution in [-0.2, 0) is 14.3 Å². The molecule has 0 aliphatic carbocycles. The van der Waals surface area contributed by atoms with Crippen molar-refractivity contribution in [1.29, 1.82) is 0 Å². The third kappa shape index (κ3) is 0.704. The third-order valence-electron chi connectivity index (χ3n) is 0.436. The van der Waals surface area contributed by atoms with E-state index in [4.69, 9.17) is 0 Å². The Hall–Kier alpha value is 0.116. The minimum atomic E-state index is 1.23. The molecule has 0 aromatic rings. The quantitative estimate of drug-likeness (QED) is 0.436. The fourth-order valence-corrected chi connectivity index (χ4v) is 0.935. The first-order valence-electron chi connectivity index (χ1n) is 1.50. The molecule has 1 aliphatic heterocycles. The molecule has 1 rings (SSSR count). The van der Waals surface area contributed by atoms with Gasteiger partial charge in [0.25, 0.3) is 0 Å². The zero-order valence-electron chi connectivity index (χ0n) is 2.77. The predicted molar refractivity (Wildman–Crippen MR) is 20.0 cm³/mol. The van der Waals surface area contributed by atoms with Gasteiger partial charge in [-0.05, 0) is 0 Å². The minimum absolute atomic E-state index is 1.23. The predicted octanol–water partition coefficient (Wildman–Crippen LogP) is 0.859. The van der Waals surface area contributed by atoms with Gasteiger partial charge in [-0.15, -0.1) is 0 Å². The summed E-state index contributed by atoms with van der Waals surface area (Å²) >= 11 is 1.48. The van der Waals surface area contributed by atoms with Crippen LogP contribution >= 0.6 is 0 Å². The Morgan fingerprint density at radius 3 is 2.80 bits per heavy atom. The van der Waals surface area contributed by atoms with Crippen molar-refractivity contribution in [3.8, 4) is 0 Å². The second-order valence-electron chi connectivity index (χ2n) is 0.811. The number of rotatable bonds is 0. The molecule has 0 fully saturated rings. The Balaban J connectivity index is 2.61. The van der Waals surface area contributed by atoms with E-state index in [0.29, 0.717) is 0 Å². The van der Waals surface area contributed by atoms with E-state index in [-0.39, 0.29) is 0 Å². The van der Waals surface area contributed by atoms with Crippen LogP contribution in [0, 0.1) is 0 Å². The van der Waals surface area contributed by atoms with Gasteiger partial charge in [0.1, 0.15) is 0 Å². The zero-order valence-corrected chi connectivity index (χ0v) is 3.81. The molecule has 1 heterocycles. The monoisotopic (exact) mass is 112 g/mol. The Morgan fingerprint density at radius 1 is 1.60 bits per heavy atom. The Morgan fingerprint density at radius 2 is 2.60 bits per heavy atom. The molecule has 0 atom stereocenters. The molecule has 0 radical (unpaired) electrons. The standard InChI is InChI=1S/C4H5.Co/c1-3-4-2;/h1,3-4H,2H2;. The molecule has 0 unspecified atom stereocenters. The molecule has 0 nitrogen and oxygen atoms in total. The Kier molecular flexibility index (Phi) is 1.01. The Labute approximate surface area is 37.4 Å². The normalized spacial score (nSPS) is 20.8. The summed E-state index contributed by atoms with van der Waals surface area (Å²) < 4.78 is 0. The molecular weight excluding hydrogens is 107 g/mol. The SMILES string of the molecule is C1=C[CH2][Co]=[CH]1. The molecule has 1 heteroatoms. The molecular formula is C4H5Co. The van der Waals surface area contributed by atoms with Crippen LogP contribution in [0.3, 0.4) is 0 Å². The second kappa shape index (κ2) is 1.53. The van der Waals surface area contributed by atoms with Crippen LogP contribution in [0.2, 0.25) is 5.36 Å². The van der Waals surface area contributed by atoms with Crippen LogP contribution in [0.25, 0.3) is 0 Å². The van der Waals surface area contributed by atoms with Crippen molar-refractivity contribution < 1.29 is 14.3 Å². The molecule has 0 saturated heterocycles. The molecule has 0 saturated carbocycles. The number of hydrogen-bond donors (Lipinski definition) is 0. The molecule has 0 aromatic heterocycles. The summed E-state index contributed by atoms with van der Waals surface area (Å²) in [5.41, 5.74) is 0. The van der Waals surface area contributed by atoms with Crippen LogP contribution in [0.5, 0.6) is 0 Å². The maximum absolute atomic E-state index is 2.17. The molecule has 30 valence electrons. The first kappa shape index (κ1) is 3.31. The van der Waals surface area contributed by atoms with E-state index >= 15 is 0 Å². The van der Waals surface area contributed by atoms with Gasteiger partial charge in [0.2, 0.25) is 0 Å². The van der Waals surface area contributed by atoms with Crippen molar-refractivity contribution in [2.24, 2.45) is 0 Å². The average Bonchev–Trinajstić information content (AvgIpc) is 1.76. The first-order valence-corrected chi connectivity index (χ1v) is 2.84. The van der Waals surface area contributed by atoms with Crippen molar-refractivity contribution in [3.63, 3.8) is 0 Å². The zero-order chi connectivity index (χ0) is 3.54. The molecule has 0 spiro atoms. The Bertz CT molecular complexity index is 61.7. The van der Waals surface area contributed by atoms with Gasteiger partial charge in [-0.2, -0.15) is 0 Å². The summed E-state index contributed by atoms with van der Waals surface area (Å²) in [4.78, 5) is 2.15.